The van der Waals surface area contributed by atoms with E-state index >= 15 is 0 Å². The Morgan fingerprint density at radius 2 is 2.16 bits per heavy atom. The maximum absolute atomic E-state index is 13.5. The topological polar surface area (TPSA) is 86.5 Å². The monoisotopic (exact) mass is 309 g/mol. The van der Waals surface area contributed by atoms with E-state index < -0.39 is 30.4 Å². The molecule has 0 aliphatic carbocycles. The number of benzene rings is 1. The van der Waals surface area contributed by atoms with Crippen molar-refractivity contribution < 1.29 is 22.5 Å². The van der Waals surface area contributed by atoms with Gasteiger partial charge < -0.3 is 4.74 Å². The van der Waals surface area contributed by atoms with Crippen molar-refractivity contribution >= 4 is 25.4 Å². The molecule has 1 aromatic carbocycles. The van der Waals surface area contributed by atoms with E-state index in [1.54, 1.807) is 19.1 Å². The minimum absolute atomic E-state index is 0.0102. The highest BCUT2D eigenvalue weighted by molar-refractivity contribution is 8.13. The van der Waals surface area contributed by atoms with Gasteiger partial charge >= 0.3 is 5.69 Å². The van der Waals surface area contributed by atoms with Gasteiger partial charge in [-0.2, -0.15) is 0 Å². The van der Waals surface area contributed by atoms with E-state index in [9.17, 15) is 22.9 Å². The van der Waals surface area contributed by atoms with Gasteiger partial charge in [0.15, 0.2) is 5.75 Å². The van der Waals surface area contributed by atoms with Gasteiger partial charge in [-0.25, -0.2) is 12.8 Å². The molecule has 0 spiro atoms. The lowest BCUT2D eigenvalue weighted by atomic mass is 10.3. The summed E-state index contributed by atoms with van der Waals surface area (Å²) in [5.41, 5.74) is -0.676. The molecule has 104 valence electrons. The molecular weight excluding hydrogens is 301 g/mol. The predicted molar refractivity (Wildman–Crippen MR) is 66.4 cm³/mol. The molecule has 0 radical (unpaired) electrons. The van der Waals surface area contributed by atoms with Crippen molar-refractivity contribution in [3.63, 3.8) is 0 Å². The first-order chi connectivity index (χ1) is 8.77. The zero-order valence-electron chi connectivity index (χ0n) is 9.67. The van der Waals surface area contributed by atoms with Crippen LogP contribution in [0.2, 0.25) is 0 Å². The molecule has 0 bridgehead atoms. The first-order valence-corrected chi connectivity index (χ1v) is 7.25. The summed E-state index contributed by atoms with van der Waals surface area (Å²) < 4.78 is 40.6. The zero-order chi connectivity index (χ0) is 14.6. The van der Waals surface area contributed by atoms with Crippen LogP contribution < -0.4 is 4.74 Å². The first kappa shape index (κ1) is 15.4. The van der Waals surface area contributed by atoms with E-state index in [0.717, 1.165) is 0 Å². The van der Waals surface area contributed by atoms with Crippen molar-refractivity contribution in [3.8, 4) is 5.75 Å². The highest BCUT2D eigenvalue weighted by Gasteiger charge is 2.25. The van der Waals surface area contributed by atoms with Crippen LogP contribution in [0.3, 0.4) is 0 Å². The molecule has 0 aliphatic heterocycles. The van der Waals surface area contributed by atoms with E-state index in [4.69, 9.17) is 15.4 Å². The lowest BCUT2D eigenvalue weighted by Crippen LogP contribution is -2.03. The minimum atomic E-state index is -4.41. The fourth-order valence-corrected chi connectivity index (χ4v) is 2.10. The third kappa shape index (κ3) is 3.90. The molecule has 0 atom stereocenters. The second-order valence-corrected chi connectivity index (χ2v) is 5.86. The van der Waals surface area contributed by atoms with Crippen molar-refractivity contribution in [3.05, 3.63) is 40.2 Å². The molecule has 0 unspecified atom stereocenters. The highest BCUT2D eigenvalue weighted by atomic mass is 35.7. The van der Waals surface area contributed by atoms with E-state index in [0.29, 0.717) is 12.1 Å². The van der Waals surface area contributed by atoms with Crippen LogP contribution in [0.4, 0.5) is 10.1 Å². The average molecular weight is 310 g/mol. The highest BCUT2D eigenvalue weighted by Crippen LogP contribution is 2.33. The number of nitrogens with zero attached hydrogens (tertiary/aromatic N) is 1. The number of hydrogen-bond donors (Lipinski definition) is 0. The number of hydrogen-bond acceptors (Lipinski definition) is 5. The summed E-state index contributed by atoms with van der Waals surface area (Å²) >= 11 is 0. The van der Waals surface area contributed by atoms with Crippen LogP contribution >= 0.6 is 10.7 Å². The van der Waals surface area contributed by atoms with Crippen LogP contribution in [-0.4, -0.2) is 19.9 Å². The third-order valence-corrected chi connectivity index (χ3v) is 3.38. The second kappa shape index (κ2) is 5.98. The standard InChI is InChI=1S/C10H9ClFNO5S/c1-2-3-4-18-9-5-7(12)10(19(11,16)17)6-8(9)13(14)15/h2-3,5-6H,4H2,1H3/b3-2+. The van der Waals surface area contributed by atoms with Crippen molar-refractivity contribution in [1.82, 2.24) is 0 Å². The molecular formula is C10H9ClFNO5S. The first-order valence-electron chi connectivity index (χ1n) is 4.94. The fourth-order valence-electron chi connectivity index (χ4n) is 1.20. The van der Waals surface area contributed by atoms with Crippen molar-refractivity contribution in [2.75, 3.05) is 6.61 Å². The average Bonchev–Trinajstić information content (AvgIpc) is 2.27. The van der Waals surface area contributed by atoms with E-state index in [-0.39, 0.29) is 12.4 Å². The van der Waals surface area contributed by atoms with Gasteiger partial charge in [0.2, 0.25) is 0 Å². The molecule has 0 saturated heterocycles. The summed E-state index contributed by atoms with van der Waals surface area (Å²) in [6.45, 7) is 1.70. The summed E-state index contributed by atoms with van der Waals surface area (Å²) in [5, 5.41) is 10.8. The molecule has 6 nitrogen and oxygen atoms in total. The zero-order valence-corrected chi connectivity index (χ0v) is 11.2. The largest absolute Gasteiger partial charge is 0.483 e. The lowest BCUT2D eigenvalue weighted by Gasteiger charge is -2.06. The number of allylic oxidation sites excluding steroid dienone is 1. The number of nitro benzene ring substituents is 1. The summed E-state index contributed by atoms with van der Waals surface area (Å²) in [7, 11) is 0.569. The van der Waals surface area contributed by atoms with Gasteiger partial charge in [-0.1, -0.05) is 12.2 Å². The Morgan fingerprint density at radius 3 is 2.63 bits per heavy atom. The molecule has 0 heterocycles. The predicted octanol–water partition coefficient (Wildman–Crippen LogP) is 2.62. The maximum Gasteiger partial charge on any atom is 0.312 e. The smallest absolute Gasteiger partial charge is 0.312 e. The van der Waals surface area contributed by atoms with Crippen LogP contribution in [0.1, 0.15) is 6.92 Å². The molecule has 1 aromatic rings. The van der Waals surface area contributed by atoms with Crippen LogP contribution in [0.15, 0.2) is 29.2 Å². The Hall–Kier alpha value is -1.67. The van der Waals surface area contributed by atoms with Gasteiger partial charge in [-0.3, -0.25) is 10.1 Å². The maximum atomic E-state index is 13.5. The molecule has 0 amide bonds. The minimum Gasteiger partial charge on any atom is -0.483 e. The van der Waals surface area contributed by atoms with Crippen molar-refractivity contribution in [2.24, 2.45) is 0 Å². The molecule has 0 aromatic heterocycles. The lowest BCUT2D eigenvalue weighted by molar-refractivity contribution is -0.386. The summed E-state index contributed by atoms with van der Waals surface area (Å²) in [5.74, 6) is -1.58. The van der Waals surface area contributed by atoms with Gasteiger partial charge in [-0.15, -0.1) is 0 Å². The van der Waals surface area contributed by atoms with Gasteiger partial charge in [-0.05, 0) is 6.92 Å². The summed E-state index contributed by atoms with van der Waals surface area (Å²) in [4.78, 5) is 8.95. The van der Waals surface area contributed by atoms with Crippen LogP contribution in [-0.2, 0) is 9.05 Å². The number of rotatable bonds is 5. The van der Waals surface area contributed by atoms with E-state index in [2.05, 4.69) is 0 Å². The number of halogens is 2. The van der Waals surface area contributed by atoms with E-state index in [1.807, 2.05) is 0 Å². The number of nitro groups is 1. The van der Waals surface area contributed by atoms with Crippen molar-refractivity contribution in [2.45, 2.75) is 11.8 Å². The van der Waals surface area contributed by atoms with Gasteiger partial charge in [0.05, 0.1) is 4.92 Å². The second-order valence-electron chi connectivity index (χ2n) is 3.33. The Morgan fingerprint density at radius 1 is 1.53 bits per heavy atom. The van der Waals surface area contributed by atoms with Crippen molar-refractivity contribution in [1.29, 1.82) is 0 Å². The molecule has 9 heteroatoms. The van der Waals surface area contributed by atoms with E-state index in [1.165, 1.54) is 0 Å². The van der Waals surface area contributed by atoms with Crippen LogP contribution in [0.5, 0.6) is 5.75 Å². The third-order valence-electron chi connectivity index (χ3n) is 2.04. The SMILES string of the molecule is C/C=C/COc1cc(F)c(S(=O)(=O)Cl)cc1[N+](=O)[O-]. The Kier molecular flexibility index (Phi) is 4.84. The number of ether oxygens (including phenoxy) is 1. The molecule has 1 rings (SSSR count). The summed E-state index contributed by atoms with van der Waals surface area (Å²) in [6, 6.07) is 1.15. The Balaban J connectivity index is 3.33. The van der Waals surface area contributed by atoms with Crippen LogP contribution in [0, 0.1) is 15.9 Å². The Bertz CT molecular complexity index is 629. The Labute approximate surface area is 113 Å². The molecule has 0 aliphatic rings. The van der Waals surface area contributed by atoms with Gasteiger partial charge in [0.1, 0.15) is 17.3 Å². The fraction of sp³-hybridized carbons (Fsp3) is 0.200. The van der Waals surface area contributed by atoms with Gasteiger partial charge in [0, 0.05) is 22.8 Å². The molecule has 0 N–H and O–H groups in total. The summed E-state index contributed by atoms with van der Waals surface area (Å²) in [6.07, 6.45) is 3.19. The molecule has 19 heavy (non-hydrogen) atoms. The van der Waals surface area contributed by atoms with Crippen LogP contribution in [0.25, 0.3) is 0 Å². The normalized spacial score (nSPS) is 11.7. The molecule has 0 saturated carbocycles. The molecule has 0 fully saturated rings. The quantitative estimate of drug-likeness (QED) is 0.361. The van der Waals surface area contributed by atoms with Gasteiger partial charge in [0.25, 0.3) is 9.05 Å².